The molecule has 2 rings (SSSR count). The second kappa shape index (κ2) is 6.15. The molecular weight excluding hydrogens is 300 g/mol. The van der Waals surface area contributed by atoms with E-state index in [1.807, 2.05) is 12.1 Å². The molecule has 1 aliphatic heterocycles. The highest BCUT2D eigenvalue weighted by Crippen LogP contribution is 2.19. The Hall–Kier alpha value is -1.14. The molecule has 98 valence electrons. The van der Waals surface area contributed by atoms with Crippen LogP contribution in [0.2, 0.25) is 0 Å². The number of rotatable bonds is 4. The molecule has 0 bridgehead atoms. The van der Waals surface area contributed by atoms with Crippen molar-refractivity contribution in [2.24, 2.45) is 5.92 Å². The number of methoxy groups -OCH3 is 1. The van der Waals surface area contributed by atoms with Gasteiger partial charge in [0.2, 0.25) is 0 Å². The van der Waals surface area contributed by atoms with E-state index in [0.29, 0.717) is 12.5 Å². The van der Waals surface area contributed by atoms with Crippen LogP contribution < -0.4 is 10.1 Å². The van der Waals surface area contributed by atoms with Crippen LogP contribution >= 0.6 is 15.9 Å². The smallest absolute Gasteiger partial charge is 0.322 e. The highest BCUT2D eigenvalue weighted by molar-refractivity contribution is 9.10. The van der Waals surface area contributed by atoms with Crippen molar-refractivity contribution in [1.82, 2.24) is 10.3 Å². The van der Waals surface area contributed by atoms with Gasteiger partial charge in [-0.1, -0.05) is 0 Å². The van der Waals surface area contributed by atoms with Crippen LogP contribution in [0.25, 0.3) is 0 Å². The lowest BCUT2D eigenvalue weighted by molar-refractivity contribution is -0.142. The third-order valence-electron chi connectivity index (χ3n) is 2.89. The quantitative estimate of drug-likeness (QED) is 0.672. The van der Waals surface area contributed by atoms with Crippen molar-refractivity contribution in [3.8, 4) is 5.75 Å². The maximum atomic E-state index is 11.3. The van der Waals surface area contributed by atoms with Crippen LogP contribution in [0.3, 0.4) is 0 Å². The predicted octanol–water partition coefficient (Wildman–Crippen LogP) is 1.37. The van der Waals surface area contributed by atoms with Gasteiger partial charge in [-0.2, -0.15) is 0 Å². The molecule has 1 aliphatic rings. The van der Waals surface area contributed by atoms with Gasteiger partial charge in [0.25, 0.3) is 0 Å². The summed E-state index contributed by atoms with van der Waals surface area (Å²) in [5.41, 5.74) is 0. The van der Waals surface area contributed by atoms with Crippen molar-refractivity contribution >= 4 is 21.9 Å². The lowest BCUT2D eigenvalue weighted by Crippen LogP contribution is -2.31. The number of ether oxygens (including phenoxy) is 2. The van der Waals surface area contributed by atoms with E-state index in [1.165, 1.54) is 7.11 Å². The van der Waals surface area contributed by atoms with E-state index in [-0.39, 0.29) is 12.0 Å². The van der Waals surface area contributed by atoms with Crippen LogP contribution in [-0.4, -0.2) is 37.3 Å². The Balaban J connectivity index is 1.80. The monoisotopic (exact) mass is 314 g/mol. The van der Waals surface area contributed by atoms with Crippen molar-refractivity contribution in [2.45, 2.75) is 12.5 Å². The van der Waals surface area contributed by atoms with E-state index in [2.05, 4.69) is 26.2 Å². The van der Waals surface area contributed by atoms with Gasteiger partial charge < -0.3 is 14.8 Å². The molecule has 0 aromatic carbocycles. The van der Waals surface area contributed by atoms with E-state index in [1.54, 1.807) is 6.20 Å². The molecule has 2 atom stereocenters. The van der Waals surface area contributed by atoms with Gasteiger partial charge in [0.1, 0.15) is 16.4 Å². The molecule has 0 radical (unpaired) electrons. The van der Waals surface area contributed by atoms with Crippen LogP contribution in [0.4, 0.5) is 0 Å². The number of pyridine rings is 1. The van der Waals surface area contributed by atoms with Crippen molar-refractivity contribution in [2.75, 3.05) is 20.3 Å². The molecule has 0 amide bonds. The molecule has 5 nitrogen and oxygen atoms in total. The number of halogens is 1. The van der Waals surface area contributed by atoms with Crippen LogP contribution in [0.1, 0.15) is 6.42 Å². The number of nitrogens with one attached hydrogen (secondary N) is 1. The molecule has 0 aliphatic carbocycles. The highest BCUT2D eigenvalue weighted by atomic mass is 79.9. The van der Waals surface area contributed by atoms with E-state index in [9.17, 15) is 4.79 Å². The number of esters is 1. The Kier molecular flexibility index (Phi) is 4.54. The molecule has 1 aromatic heterocycles. The summed E-state index contributed by atoms with van der Waals surface area (Å²) in [4.78, 5) is 15.4. The average Bonchev–Trinajstić information content (AvgIpc) is 2.84. The van der Waals surface area contributed by atoms with Gasteiger partial charge in [-0.3, -0.25) is 4.79 Å². The van der Waals surface area contributed by atoms with Crippen molar-refractivity contribution in [3.63, 3.8) is 0 Å². The predicted molar refractivity (Wildman–Crippen MR) is 69.3 cm³/mol. The second-order valence-electron chi connectivity index (χ2n) is 4.21. The van der Waals surface area contributed by atoms with Gasteiger partial charge in [0.05, 0.1) is 13.7 Å². The van der Waals surface area contributed by atoms with Gasteiger partial charge in [0, 0.05) is 24.7 Å². The fourth-order valence-electron chi connectivity index (χ4n) is 1.95. The Morgan fingerprint density at radius 2 is 2.50 bits per heavy atom. The standard InChI is InChI=1S/C12H15BrN2O3/c1-17-12(16)10-4-8(6-15-10)7-18-9-2-3-14-11(13)5-9/h2-3,5,8,10,15H,4,6-7H2,1H3/t8?,10-/m0/s1. The van der Waals surface area contributed by atoms with Crippen molar-refractivity contribution < 1.29 is 14.3 Å². The first-order chi connectivity index (χ1) is 8.69. The number of carbonyl (C=O) groups excluding carboxylic acids is 1. The molecule has 1 saturated heterocycles. The van der Waals surface area contributed by atoms with Crippen LogP contribution in [0, 0.1) is 5.92 Å². The number of carbonyl (C=O) groups is 1. The molecular formula is C12H15BrN2O3. The summed E-state index contributed by atoms with van der Waals surface area (Å²) in [6.45, 7) is 1.35. The number of aromatic nitrogens is 1. The Morgan fingerprint density at radius 3 is 3.22 bits per heavy atom. The maximum Gasteiger partial charge on any atom is 0.322 e. The topological polar surface area (TPSA) is 60.5 Å². The van der Waals surface area contributed by atoms with Crippen LogP contribution in [-0.2, 0) is 9.53 Å². The summed E-state index contributed by atoms with van der Waals surface area (Å²) in [6, 6.07) is 3.43. The lowest BCUT2D eigenvalue weighted by Gasteiger charge is -2.11. The van der Waals surface area contributed by atoms with Gasteiger partial charge in [-0.15, -0.1) is 0 Å². The fraction of sp³-hybridized carbons (Fsp3) is 0.500. The van der Waals surface area contributed by atoms with Crippen molar-refractivity contribution in [3.05, 3.63) is 22.9 Å². The highest BCUT2D eigenvalue weighted by Gasteiger charge is 2.30. The van der Waals surface area contributed by atoms with E-state index >= 15 is 0 Å². The summed E-state index contributed by atoms with van der Waals surface area (Å²) in [6.07, 6.45) is 2.43. The van der Waals surface area contributed by atoms with E-state index in [0.717, 1.165) is 23.3 Å². The second-order valence-corrected chi connectivity index (χ2v) is 5.02. The minimum absolute atomic E-state index is 0.201. The third kappa shape index (κ3) is 3.43. The molecule has 1 unspecified atom stereocenters. The lowest BCUT2D eigenvalue weighted by atomic mass is 10.1. The SMILES string of the molecule is COC(=O)[C@@H]1CC(COc2ccnc(Br)c2)CN1. The Bertz CT molecular complexity index is 428. The molecule has 1 N–H and O–H groups in total. The average molecular weight is 315 g/mol. The number of hydrogen-bond acceptors (Lipinski definition) is 5. The first-order valence-corrected chi connectivity index (χ1v) is 6.54. The van der Waals surface area contributed by atoms with E-state index < -0.39 is 0 Å². The summed E-state index contributed by atoms with van der Waals surface area (Å²) < 4.78 is 11.1. The molecule has 6 heteroatoms. The zero-order valence-corrected chi connectivity index (χ0v) is 11.6. The van der Waals surface area contributed by atoms with Gasteiger partial charge in [-0.05, 0) is 28.4 Å². The fourth-order valence-corrected chi connectivity index (χ4v) is 2.29. The summed E-state index contributed by atoms with van der Waals surface area (Å²) >= 11 is 3.29. The molecule has 2 heterocycles. The van der Waals surface area contributed by atoms with Gasteiger partial charge >= 0.3 is 5.97 Å². The number of hydrogen-bond donors (Lipinski definition) is 1. The first kappa shape index (κ1) is 13.3. The number of nitrogens with zero attached hydrogens (tertiary/aromatic N) is 1. The molecule has 0 spiro atoms. The Labute approximate surface area is 114 Å². The van der Waals surface area contributed by atoms with Crippen molar-refractivity contribution in [1.29, 1.82) is 0 Å². The molecule has 1 aromatic rings. The zero-order valence-electron chi connectivity index (χ0n) is 10.1. The molecule has 18 heavy (non-hydrogen) atoms. The van der Waals surface area contributed by atoms with E-state index in [4.69, 9.17) is 9.47 Å². The largest absolute Gasteiger partial charge is 0.493 e. The maximum absolute atomic E-state index is 11.3. The van der Waals surface area contributed by atoms with Crippen LogP contribution in [0.15, 0.2) is 22.9 Å². The molecule has 1 fully saturated rings. The minimum atomic E-state index is -0.204. The van der Waals surface area contributed by atoms with Crippen LogP contribution in [0.5, 0.6) is 5.75 Å². The Morgan fingerprint density at radius 1 is 1.67 bits per heavy atom. The third-order valence-corrected chi connectivity index (χ3v) is 3.33. The molecule has 0 saturated carbocycles. The minimum Gasteiger partial charge on any atom is -0.493 e. The summed E-state index contributed by atoms with van der Waals surface area (Å²) in [5.74, 6) is 0.892. The summed E-state index contributed by atoms with van der Waals surface area (Å²) in [5, 5.41) is 3.13. The van der Waals surface area contributed by atoms with Gasteiger partial charge in [-0.25, -0.2) is 4.98 Å². The van der Waals surface area contributed by atoms with Gasteiger partial charge in [0.15, 0.2) is 0 Å². The zero-order chi connectivity index (χ0) is 13.0. The summed E-state index contributed by atoms with van der Waals surface area (Å²) in [7, 11) is 1.41. The first-order valence-electron chi connectivity index (χ1n) is 5.74. The normalized spacial score (nSPS) is 22.8.